The van der Waals surface area contributed by atoms with Crippen molar-refractivity contribution in [2.24, 2.45) is 0 Å². The summed E-state index contributed by atoms with van der Waals surface area (Å²) >= 11 is 5.89. The van der Waals surface area contributed by atoms with E-state index in [1.165, 1.54) is 4.68 Å². The predicted molar refractivity (Wildman–Crippen MR) is 96.1 cm³/mol. The summed E-state index contributed by atoms with van der Waals surface area (Å²) in [6.07, 6.45) is 0. The van der Waals surface area contributed by atoms with Crippen molar-refractivity contribution in [3.05, 3.63) is 53.6 Å². The molecule has 8 nitrogen and oxygen atoms in total. The van der Waals surface area contributed by atoms with Crippen molar-refractivity contribution in [2.45, 2.75) is 0 Å². The monoisotopic (exact) mass is 368 g/mol. The number of nitrogens with zero attached hydrogens (tertiary/aromatic N) is 5. The molecule has 0 saturated heterocycles. The van der Waals surface area contributed by atoms with Gasteiger partial charge in [0.05, 0.1) is 12.8 Å². The molecule has 0 amide bonds. The van der Waals surface area contributed by atoms with E-state index in [9.17, 15) is 0 Å². The molecule has 0 radical (unpaired) electrons. The summed E-state index contributed by atoms with van der Waals surface area (Å²) in [5.74, 6) is 1.56. The van der Waals surface area contributed by atoms with Crippen LogP contribution in [-0.2, 0) is 0 Å². The Morgan fingerprint density at radius 1 is 1.15 bits per heavy atom. The number of aromatic nitrogens is 5. The summed E-state index contributed by atoms with van der Waals surface area (Å²) in [6, 6.07) is 14.4. The first kappa shape index (κ1) is 16.1. The van der Waals surface area contributed by atoms with Crippen molar-refractivity contribution in [2.75, 3.05) is 12.8 Å². The van der Waals surface area contributed by atoms with Crippen LogP contribution in [0.1, 0.15) is 0 Å². The van der Waals surface area contributed by atoms with E-state index in [-0.39, 0.29) is 11.7 Å². The first-order chi connectivity index (χ1) is 12.7. The molecule has 0 spiro atoms. The summed E-state index contributed by atoms with van der Waals surface area (Å²) in [5, 5.41) is 12.7. The van der Waals surface area contributed by atoms with Crippen LogP contribution in [0.25, 0.3) is 28.7 Å². The van der Waals surface area contributed by atoms with Crippen molar-refractivity contribution < 1.29 is 9.26 Å². The molecule has 9 heteroatoms. The summed E-state index contributed by atoms with van der Waals surface area (Å²) < 4.78 is 12.0. The molecular formula is C17H13ClN6O2. The molecule has 0 fully saturated rings. The zero-order valence-electron chi connectivity index (χ0n) is 13.6. The molecule has 0 aliphatic rings. The second-order valence-corrected chi connectivity index (χ2v) is 5.80. The quantitative estimate of drug-likeness (QED) is 0.589. The van der Waals surface area contributed by atoms with E-state index in [0.717, 1.165) is 5.56 Å². The highest BCUT2D eigenvalue weighted by Crippen LogP contribution is 2.27. The molecule has 0 unspecified atom stereocenters. The van der Waals surface area contributed by atoms with Crippen LogP contribution in [0, 0.1) is 0 Å². The van der Waals surface area contributed by atoms with E-state index < -0.39 is 0 Å². The number of anilines is 1. The number of hydrogen-bond donors (Lipinski definition) is 1. The second kappa shape index (κ2) is 6.49. The number of nitrogens with two attached hydrogens (primary N) is 1. The molecule has 4 aromatic rings. The van der Waals surface area contributed by atoms with Gasteiger partial charge in [0.25, 0.3) is 5.89 Å². The summed E-state index contributed by atoms with van der Waals surface area (Å²) in [4.78, 5) is 4.34. The molecule has 0 aliphatic carbocycles. The molecule has 2 aromatic heterocycles. The van der Waals surface area contributed by atoms with Gasteiger partial charge in [-0.3, -0.25) is 0 Å². The first-order valence-corrected chi connectivity index (χ1v) is 7.99. The molecule has 4 rings (SSSR count). The average Bonchev–Trinajstić information content (AvgIpc) is 3.29. The van der Waals surface area contributed by atoms with E-state index in [2.05, 4.69) is 20.5 Å². The maximum atomic E-state index is 6.18. The standard InChI is InChI=1S/C17H13ClN6O2/c1-25-13-4-2-3-12(9-13)24-15(19)14(21-23-24)17-20-16(22-26-17)10-5-7-11(18)8-6-10/h2-9H,19H2,1H3. The number of rotatable bonds is 4. The third-order valence-corrected chi connectivity index (χ3v) is 3.99. The Morgan fingerprint density at radius 3 is 2.73 bits per heavy atom. The fourth-order valence-electron chi connectivity index (χ4n) is 2.41. The van der Waals surface area contributed by atoms with Gasteiger partial charge in [0.1, 0.15) is 5.75 Å². The number of hydrogen-bond acceptors (Lipinski definition) is 7. The lowest BCUT2D eigenvalue weighted by Crippen LogP contribution is -2.02. The minimum Gasteiger partial charge on any atom is -0.497 e. The van der Waals surface area contributed by atoms with Crippen LogP contribution >= 0.6 is 11.6 Å². The fourth-order valence-corrected chi connectivity index (χ4v) is 2.54. The molecular weight excluding hydrogens is 356 g/mol. The zero-order chi connectivity index (χ0) is 18.1. The van der Waals surface area contributed by atoms with E-state index >= 15 is 0 Å². The number of nitrogen functional groups attached to an aromatic ring is 1. The van der Waals surface area contributed by atoms with Gasteiger partial charge in [0.15, 0.2) is 11.5 Å². The molecule has 26 heavy (non-hydrogen) atoms. The molecule has 2 aromatic carbocycles. The van der Waals surface area contributed by atoms with Gasteiger partial charge in [-0.25, -0.2) is 0 Å². The SMILES string of the molecule is COc1cccc(-n2nnc(-c3nc(-c4ccc(Cl)cc4)no3)c2N)c1. The van der Waals surface area contributed by atoms with Crippen molar-refractivity contribution in [3.8, 4) is 34.4 Å². The third-order valence-electron chi connectivity index (χ3n) is 3.73. The van der Waals surface area contributed by atoms with Gasteiger partial charge in [-0.05, 0) is 36.4 Å². The van der Waals surface area contributed by atoms with Crippen LogP contribution in [0.4, 0.5) is 5.82 Å². The summed E-state index contributed by atoms with van der Waals surface area (Å²) in [5.41, 5.74) is 7.96. The molecule has 0 aliphatic heterocycles. The topological polar surface area (TPSA) is 105 Å². The minimum atomic E-state index is 0.182. The fraction of sp³-hybridized carbons (Fsp3) is 0.0588. The minimum absolute atomic E-state index is 0.182. The zero-order valence-corrected chi connectivity index (χ0v) is 14.4. The van der Waals surface area contributed by atoms with Gasteiger partial charge in [-0.1, -0.05) is 28.0 Å². The van der Waals surface area contributed by atoms with Gasteiger partial charge in [0.2, 0.25) is 5.82 Å². The van der Waals surface area contributed by atoms with Gasteiger partial charge in [0, 0.05) is 16.7 Å². The highest BCUT2D eigenvalue weighted by Gasteiger charge is 2.20. The van der Waals surface area contributed by atoms with Gasteiger partial charge in [-0.2, -0.15) is 9.67 Å². The maximum Gasteiger partial charge on any atom is 0.282 e. The van der Waals surface area contributed by atoms with Crippen molar-refractivity contribution in [1.82, 2.24) is 25.1 Å². The Labute approximate surface area is 153 Å². The Hall–Kier alpha value is -3.39. The Bertz CT molecular complexity index is 1060. The predicted octanol–water partition coefficient (Wildman–Crippen LogP) is 3.23. The Morgan fingerprint density at radius 2 is 1.96 bits per heavy atom. The van der Waals surface area contributed by atoms with Crippen LogP contribution in [0.5, 0.6) is 5.75 Å². The Kier molecular flexibility index (Phi) is 4.02. The maximum absolute atomic E-state index is 6.18. The molecule has 130 valence electrons. The van der Waals surface area contributed by atoms with Crippen LogP contribution in [0.3, 0.4) is 0 Å². The number of benzene rings is 2. The summed E-state index contributed by atoms with van der Waals surface area (Å²) in [6.45, 7) is 0. The molecule has 2 N–H and O–H groups in total. The average molecular weight is 369 g/mol. The molecule has 0 bridgehead atoms. The third kappa shape index (κ3) is 2.86. The number of ether oxygens (including phenoxy) is 1. The summed E-state index contributed by atoms with van der Waals surface area (Å²) in [7, 11) is 1.59. The lowest BCUT2D eigenvalue weighted by atomic mass is 10.2. The lowest BCUT2D eigenvalue weighted by Gasteiger charge is -2.05. The number of methoxy groups -OCH3 is 1. The van der Waals surface area contributed by atoms with Gasteiger partial charge < -0.3 is 15.0 Å². The van der Waals surface area contributed by atoms with Crippen LogP contribution in [0.2, 0.25) is 5.02 Å². The van der Waals surface area contributed by atoms with E-state index in [1.807, 2.05) is 18.2 Å². The normalized spacial score (nSPS) is 10.8. The van der Waals surface area contributed by atoms with Gasteiger partial charge in [-0.15, -0.1) is 5.10 Å². The van der Waals surface area contributed by atoms with Crippen molar-refractivity contribution in [1.29, 1.82) is 0 Å². The first-order valence-electron chi connectivity index (χ1n) is 7.61. The smallest absolute Gasteiger partial charge is 0.282 e. The van der Waals surface area contributed by atoms with Gasteiger partial charge >= 0.3 is 0 Å². The van der Waals surface area contributed by atoms with E-state index in [0.29, 0.717) is 28.0 Å². The van der Waals surface area contributed by atoms with E-state index in [1.54, 1.807) is 37.4 Å². The van der Waals surface area contributed by atoms with Crippen LogP contribution in [-0.4, -0.2) is 32.2 Å². The second-order valence-electron chi connectivity index (χ2n) is 5.37. The van der Waals surface area contributed by atoms with Crippen LogP contribution < -0.4 is 10.5 Å². The highest BCUT2D eigenvalue weighted by atomic mass is 35.5. The molecule has 0 atom stereocenters. The lowest BCUT2D eigenvalue weighted by molar-refractivity contribution is 0.414. The van der Waals surface area contributed by atoms with Crippen LogP contribution in [0.15, 0.2) is 53.1 Å². The largest absolute Gasteiger partial charge is 0.497 e. The Balaban J connectivity index is 1.69. The highest BCUT2D eigenvalue weighted by molar-refractivity contribution is 6.30. The molecule has 0 saturated carbocycles. The van der Waals surface area contributed by atoms with Crippen molar-refractivity contribution >= 4 is 17.4 Å². The number of halogens is 1. The van der Waals surface area contributed by atoms with Crippen molar-refractivity contribution in [3.63, 3.8) is 0 Å². The van der Waals surface area contributed by atoms with E-state index in [4.69, 9.17) is 26.6 Å². The molecule has 2 heterocycles.